The molecule has 24 heavy (non-hydrogen) atoms. The summed E-state index contributed by atoms with van der Waals surface area (Å²) in [5.74, 6) is 2.64. The van der Waals surface area contributed by atoms with Gasteiger partial charge in [0.05, 0.1) is 27.9 Å². The number of rotatable bonds is 10. The van der Waals surface area contributed by atoms with Crippen molar-refractivity contribution in [3.05, 3.63) is 17.7 Å². The van der Waals surface area contributed by atoms with Crippen LogP contribution in [-0.2, 0) is 11.2 Å². The topological polar surface area (TPSA) is 68.8 Å². The SMILES string of the molecule is COc1ccc(CCNC(=O)CNCC2CC2)c(OC)c1OC.Cl. The van der Waals surface area contributed by atoms with Crippen LogP contribution >= 0.6 is 12.4 Å². The van der Waals surface area contributed by atoms with Crippen LogP contribution in [0.2, 0.25) is 0 Å². The maximum Gasteiger partial charge on any atom is 0.233 e. The fourth-order valence-electron chi connectivity index (χ4n) is 2.47. The lowest BCUT2D eigenvalue weighted by Crippen LogP contribution is -2.35. The molecule has 1 fully saturated rings. The van der Waals surface area contributed by atoms with Crippen LogP contribution in [0.4, 0.5) is 0 Å². The molecule has 1 saturated carbocycles. The summed E-state index contributed by atoms with van der Waals surface area (Å²) in [6, 6.07) is 3.77. The molecule has 1 amide bonds. The minimum absolute atomic E-state index is 0. The summed E-state index contributed by atoms with van der Waals surface area (Å²) in [5, 5.41) is 6.09. The van der Waals surface area contributed by atoms with E-state index in [2.05, 4.69) is 10.6 Å². The van der Waals surface area contributed by atoms with Crippen molar-refractivity contribution >= 4 is 18.3 Å². The van der Waals surface area contributed by atoms with E-state index in [1.54, 1.807) is 21.3 Å². The van der Waals surface area contributed by atoms with Gasteiger partial charge >= 0.3 is 0 Å². The summed E-state index contributed by atoms with van der Waals surface area (Å²) in [7, 11) is 4.77. The van der Waals surface area contributed by atoms with Crippen LogP contribution in [-0.4, -0.2) is 46.9 Å². The van der Waals surface area contributed by atoms with Crippen molar-refractivity contribution in [2.75, 3.05) is 41.0 Å². The maximum absolute atomic E-state index is 11.8. The Hall–Kier alpha value is -1.66. The van der Waals surface area contributed by atoms with E-state index in [1.165, 1.54) is 12.8 Å². The van der Waals surface area contributed by atoms with Crippen molar-refractivity contribution in [1.82, 2.24) is 10.6 Å². The fourth-order valence-corrected chi connectivity index (χ4v) is 2.47. The van der Waals surface area contributed by atoms with Gasteiger partial charge in [-0.1, -0.05) is 6.07 Å². The van der Waals surface area contributed by atoms with Gasteiger partial charge in [-0.3, -0.25) is 4.79 Å². The van der Waals surface area contributed by atoms with E-state index >= 15 is 0 Å². The highest BCUT2D eigenvalue weighted by Crippen LogP contribution is 2.39. The molecule has 2 rings (SSSR count). The van der Waals surface area contributed by atoms with Crippen LogP contribution in [0, 0.1) is 5.92 Å². The van der Waals surface area contributed by atoms with Crippen molar-refractivity contribution in [3.63, 3.8) is 0 Å². The molecule has 0 spiro atoms. The van der Waals surface area contributed by atoms with Gasteiger partial charge in [-0.25, -0.2) is 0 Å². The summed E-state index contributed by atoms with van der Waals surface area (Å²) in [6.45, 7) is 1.87. The van der Waals surface area contributed by atoms with Crippen molar-refractivity contribution < 1.29 is 19.0 Å². The maximum atomic E-state index is 11.8. The average Bonchev–Trinajstić information content (AvgIpc) is 3.38. The van der Waals surface area contributed by atoms with Crippen molar-refractivity contribution in [3.8, 4) is 17.2 Å². The molecule has 2 N–H and O–H groups in total. The summed E-state index contributed by atoms with van der Waals surface area (Å²) < 4.78 is 16.1. The third-order valence-corrected chi connectivity index (χ3v) is 3.92. The first-order valence-electron chi connectivity index (χ1n) is 7.94. The second kappa shape index (κ2) is 10.3. The van der Waals surface area contributed by atoms with Crippen LogP contribution in [0.1, 0.15) is 18.4 Å². The van der Waals surface area contributed by atoms with E-state index in [-0.39, 0.29) is 18.3 Å². The first-order valence-corrected chi connectivity index (χ1v) is 7.94. The Morgan fingerprint density at radius 1 is 1.12 bits per heavy atom. The summed E-state index contributed by atoms with van der Waals surface area (Å²) >= 11 is 0. The van der Waals surface area contributed by atoms with E-state index in [1.807, 2.05) is 12.1 Å². The smallest absolute Gasteiger partial charge is 0.233 e. The molecule has 0 radical (unpaired) electrons. The monoisotopic (exact) mass is 358 g/mol. The van der Waals surface area contributed by atoms with E-state index in [4.69, 9.17) is 14.2 Å². The second-order valence-corrected chi connectivity index (χ2v) is 5.67. The molecule has 136 valence electrons. The standard InChI is InChI=1S/C17H26N2O4.ClH/c1-21-14-7-6-13(16(22-2)17(14)23-3)8-9-19-15(20)11-18-10-12-4-5-12;/h6-7,12,18H,4-5,8-11H2,1-3H3,(H,19,20);1H. The van der Waals surface area contributed by atoms with Gasteiger partial charge in [0, 0.05) is 12.1 Å². The van der Waals surface area contributed by atoms with E-state index in [0.29, 0.717) is 36.8 Å². The molecule has 7 heteroatoms. The van der Waals surface area contributed by atoms with Crippen LogP contribution in [0.3, 0.4) is 0 Å². The third-order valence-electron chi connectivity index (χ3n) is 3.92. The zero-order valence-corrected chi connectivity index (χ0v) is 15.3. The van der Waals surface area contributed by atoms with Crippen LogP contribution < -0.4 is 24.8 Å². The number of halogens is 1. The second-order valence-electron chi connectivity index (χ2n) is 5.67. The van der Waals surface area contributed by atoms with Crippen LogP contribution in [0.15, 0.2) is 12.1 Å². The first kappa shape index (κ1) is 20.4. The number of carbonyl (C=O) groups is 1. The molecule has 0 bridgehead atoms. The lowest BCUT2D eigenvalue weighted by molar-refractivity contribution is -0.120. The molecule has 1 aromatic rings. The van der Waals surface area contributed by atoms with Gasteiger partial charge in [-0.15, -0.1) is 12.4 Å². The molecule has 0 heterocycles. The molecule has 0 unspecified atom stereocenters. The van der Waals surface area contributed by atoms with Gasteiger partial charge < -0.3 is 24.8 Å². The Bertz CT molecular complexity index is 536. The lowest BCUT2D eigenvalue weighted by Gasteiger charge is -2.16. The largest absolute Gasteiger partial charge is 0.493 e. The van der Waals surface area contributed by atoms with Crippen LogP contribution in [0.25, 0.3) is 0 Å². The highest BCUT2D eigenvalue weighted by Gasteiger charge is 2.20. The fraction of sp³-hybridized carbons (Fsp3) is 0.588. The molecule has 0 aromatic heterocycles. The summed E-state index contributed by atoms with van der Waals surface area (Å²) in [6.07, 6.45) is 3.24. The zero-order chi connectivity index (χ0) is 16.7. The molecule has 0 atom stereocenters. The number of nitrogens with one attached hydrogen (secondary N) is 2. The van der Waals surface area contributed by atoms with Gasteiger partial charge in [0.25, 0.3) is 0 Å². The Morgan fingerprint density at radius 3 is 2.42 bits per heavy atom. The molecular weight excluding hydrogens is 332 g/mol. The van der Waals surface area contributed by atoms with Gasteiger partial charge in [0.1, 0.15) is 0 Å². The number of methoxy groups -OCH3 is 3. The molecule has 0 saturated heterocycles. The van der Waals surface area contributed by atoms with E-state index in [9.17, 15) is 4.79 Å². The minimum Gasteiger partial charge on any atom is -0.493 e. The Balaban J connectivity index is 0.00000288. The predicted molar refractivity (Wildman–Crippen MR) is 95.7 cm³/mol. The normalized spacial score (nSPS) is 13.0. The molecular formula is C17H27ClN2O4. The van der Waals surface area contributed by atoms with Crippen molar-refractivity contribution in [1.29, 1.82) is 0 Å². The predicted octanol–water partition coefficient (Wildman–Crippen LogP) is 1.79. The number of ether oxygens (including phenoxy) is 3. The van der Waals surface area contributed by atoms with Gasteiger partial charge in [0.2, 0.25) is 11.7 Å². The summed E-state index contributed by atoms with van der Waals surface area (Å²) in [5.41, 5.74) is 0.969. The van der Waals surface area contributed by atoms with Crippen molar-refractivity contribution in [2.24, 2.45) is 5.92 Å². The molecule has 0 aliphatic heterocycles. The number of amides is 1. The number of benzene rings is 1. The number of hydrogen-bond acceptors (Lipinski definition) is 5. The molecule has 1 aromatic carbocycles. The Morgan fingerprint density at radius 2 is 1.83 bits per heavy atom. The minimum atomic E-state index is 0. The van der Waals surface area contributed by atoms with Crippen LogP contribution in [0.5, 0.6) is 17.2 Å². The Kier molecular flexibility index (Phi) is 8.71. The van der Waals surface area contributed by atoms with Gasteiger partial charge in [0.15, 0.2) is 11.5 Å². The highest BCUT2D eigenvalue weighted by molar-refractivity contribution is 5.85. The average molecular weight is 359 g/mol. The molecule has 1 aliphatic carbocycles. The van der Waals surface area contributed by atoms with E-state index < -0.39 is 0 Å². The van der Waals surface area contributed by atoms with Gasteiger partial charge in [-0.05, 0) is 37.8 Å². The highest BCUT2D eigenvalue weighted by atomic mass is 35.5. The van der Waals surface area contributed by atoms with Crippen molar-refractivity contribution in [2.45, 2.75) is 19.3 Å². The Labute approximate surface area is 149 Å². The molecule has 6 nitrogen and oxygen atoms in total. The lowest BCUT2D eigenvalue weighted by atomic mass is 10.1. The number of hydrogen-bond donors (Lipinski definition) is 2. The number of carbonyl (C=O) groups excluding carboxylic acids is 1. The summed E-state index contributed by atoms with van der Waals surface area (Å²) in [4.78, 5) is 11.8. The quantitative estimate of drug-likeness (QED) is 0.667. The first-order chi connectivity index (χ1) is 11.2. The van der Waals surface area contributed by atoms with Gasteiger partial charge in [-0.2, -0.15) is 0 Å². The zero-order valence-electron chi connectivity index (χ0n) is 14.5. The third kappa shape index (κ3) is 5.76. The van der Waals surface area contributed by atoms with E-state index in [0.717, 1.165) is 18.0 Å². The molecule has 1 aliphatic rings.